The van der Waals surface area contributed by atoms with Gasteiger partial charge in [0.15, 0.2) is 11.0 Å². The predicted molar refractivity (Wildman–Crippen MR) is 103 cm³/mol. The molecule has 0 amide bonds. The first-order valence-electron chi connectivity index (χ1n) is 8.17. The standard InChI is InChI=1S/C18H22ClN3O3S/c1-5-7-22-15(20-21-18(22)26-11-16(23)24-6-2)10-25-14-8-12(3)17(19)13(4)9-14/h5,8-9H,1,6-7,10-11H2,2-4H3. The fraction of sp³-hybridized carbons (Fsp3) is 0.389. The van der Waals surface area contributed by atoms with E-state index in [1.54, 1.807) is 13.0 Å². The highest BCUT2D eigenvalue weighted by molar-refractivity contribution is 7.99. The number of thioether (sulfide) groups is 1. The summed E-state index contributed by atoms with van der Waals surface area (Å²) >= 11 is 7.46. The Morgan fingerprint density at radius 3 is 2.65 bits per heavy atom. The molecule has 26 heavy (non-hydrogen) atoms. The summed E-state index contributed by atoms with van der Waals surface area (Å²) in [6, 6.07) is 3.78. The van der Waals surface area contributed by atoms with E-state index in [0.29, 0.717) is 24.1 Å². The molecule has 0 fully saturated rings. The monoisotopic (exact) mass is 395 g/mol. The van der Waals surface area contributed by atoms with Crippen molar-refractivity contribution < 1.29 is 14.3 Å². The van der Waals surface area contributed by atoms with E-state index in [9.17, 15) is 4.79 Å². The number of hydrogen-bond donors (Lipinski definition) is 0. The summed E-state index contributed by atoms with van der Waals surface area (Å²) in [5, 5.41) is 9.69. The lowest BCUT2D eigenvalue weighted by Crippen LogP contribution is -2.10. The number of aryl methyl sites for hydroxylation is 2. The smallest absolute Gasteiger partial charge is 0.316 e. The first-order chi connectivity index (χ1) is 12.5. The Morgan fingerprint density at radius 2 is 2.04 bits per heavy atom. The molecule has 8 heteroatoms. The number of carbonyl (C=O) groups excluding carboxylic acids is 1. The number of hydrogen-bond acceptors (Lipinski definition) is 6. The normalized spacial score (nSPS) is 10.6. The molecule has 0 aliphatic carbocycles. The van der Waals surface area contributed by atoms with E-state index in [4.69, 9.17) is 21.1 Å². The third-order valence-corrected chi connectivity index (χ3v) is 5.04. The van der Waals surface area contributed by atoms with Gasteiger partial charge in [-0.3, -0.25) is 9.36 Å². The lowest BCUT2D eigenvalue weighted by Gasteiger charge is -2.11. The SMILES string of the molecule is C=CCn1c(COc2cc(C)c(Cl)c(C)c2)nnc1SCC(=O)OCC. The van der Waals surface area contributed by atoms with Gasteiger partial charge in [0.2, 0.25) is 0 Å². The molecule has 1 aromatic heterocycles. The third kappa shape index (κ3) is 5.25. The average molecular weight is 396 g/mol. The van der Waals surface area contributed by atoms with Gasteiger partial charge >= 0.3 is 5.97 Å². The quantitative estimate of drug-likeness (QED) is 0.363. The number of rotatable bonds is 9. The minimum Gasteiger partial charge on any atom is -0.486 e. The largest absolute Gasteiger partial charge is 0.486 e. The molecule has 2 rings (SSSR count). The van der Waals surface area contributed by atoms with Crippen molar-refractivity contribution in [3.63, 3.8) is 0 Å². The molecule has 140 valence electrons. The topological polar surface area (TPSA) is 66.2 Å². The first-order valence-corrected chi connectivity index (χ1v) is 9.53. The Balaban J connectivity index is 2.09. The number of aromatic nitrogens is 3. The van der Waals surface area contributed by atoms with Crippen LogP contribution >= 0.6 is 23.4 Å². The fourth-order valence-electron chi connectivity index (χ4n) is 2.31. The maximum Gasteiger partial charge on any atom is 0.316 e. The van der Waals surface area contributed by atoms with Gasteiger partial charge in [-0.05, 0) is 44.0 Å². The molecule has 0 spiro atoms. The highest BCUT2D eigenvalue weighted by Crippen LogP contribution is 2.26. The number of nitrogens with zero attached hydrogens (tertiary/aromatic N) is 3. The maximum absolute atomic E-state index is 11.5. The molecule has 0 N–H and O–H groups in total. The Hall–Kier alpha value is -1.99. The van der Waals surface area contributed by atoms with E-state index in [1.165, 1.54) is 11.8 Å². The summed E-state index contributed by atoms with van der Waals surface area (Å²) in [5.74, 6) is 1.27. The summed E-state index contributed by atoms with van der Waals surface area (Å²) in [5.41, 5.74) is 1.92. The average Bonchev–Trinajstić information content (AvgIpc) is 2.98. The van der Waals surface area contributed by atoms with E-state index >= 15 is 0 Å². The van der Waals surface area contributed by atoms with Crippen LogP contribution in [0.3, 0.4) is 0 Å². The lowest BCUT2D eigenvalue weighted by atomic mass is 10.1. The van der Waals surface area contributed by atoms with Crippen molar-refractivity contribution in [2.24, 2.45) is 0 Å². The number of benzene rings is 1. The van der Waals surface area contributed by atoms with E-state index in [2.05, 4.69) is 16.8 Å². The molecule has 0 aliphatic heterocycles. The van der Waals surface area contributed by atoms with Crippen molar-refractivity contribution in [3.05, 3.63) is 46.8 Å². The van der Waals surface area contributed by atoms with Crippen LogP contribution in [0.5, 0.6) is 5.75 Å². The second kappa shape index (κ2) is 9.64. The van der Waals surface area contributed by atoms with Crippen LogP contribution in [0.2, 0.25) is 5.02 Å². The van der Waals surface area contributed by atoms with Gasteiger partial charge in [0.1, 0.15) is 12.4 Å². The third-order valence-electron chi connectivity index (χ3n) is 3.51. The van der Waals surface area contributed by atoms with E-state index in [-0.39, 0.29) is 18.3 Å². The van der Waals surface area contributed by atoms with E-state index in [1.807, 2.05) is 30.5 Å². The Bertz CT molecular complexity index is 769. The van der Waals surface area contributed by atoms with Gasteiger partial charge in [0, 0.05) is 11.6 Å². The summed E-state index contributed by atoms with van der Waals surface area (Å²) < 4.78 is 12.7. The zero-order valence-corrected chi connectivity index (χ0v) is 16.7. The molecule has 0 saturated heterocycles. The van der Waals surface area contributed by atoms with Gasteiger partial charge in [-0.25, -0.2) is 0 Å². The maximum atomic E-state index is 11.5. The number of ether oxygens (including phenoxy) is 2. The van der Waals surface area contributed by atoms with Crippen molar-refractivity contribution in [1.82, 2.24) is 14.8 Å². The highest BCUT2D eigenvalue weighted by atomic mass is 35.5. The summed E-state index contributed by atoms with van der Waals surface area (Å²) in [6.45, 7) is 10.5. The van der Waals surface area contributed by atoms with Crippen LogP contribution in [0.25, 0.3) is 0 Å². The van der Waals surface area contributed by atoms with Gasteiger partial charge < -0.3 is 9.47 Å². The summed E-state index contributed by atoms with van der Waals surface area (Å²) in [4.78, 5) is 11.5. The van der Waals surface area contributed by atoms with Gasteiger partial charge in [-0.2, -0.15) is 0 Å². The van der Waals surface area contributed by atoms with Crippen LogP contribution in [0.1, 0.15) is 23.9 Å². The van der Waals surface area contributed by atoms with E-state index < -0.39 is 0 Å². The van der Waals surface area contributed by atoms with Crippen molar-refractivity contribution in [2.45, 2.75) is 39.1 Å². The second-order valence-corrected chi connectivity index (χ2v) is 6.87. The fourth-order valence-corrected chi connectivity index (χ4v) is 3.18. The van der Waals surface area contributed by atoms with Gasteiger partial charge in [-0.15, -0.1) is 16.8 Å². The molecule has 6 nitrogen and oxygen atoms in total. The van der Waals surface area contributed by atoms with Crippen LogP contribution in [-0.2, 0) is 22.7 Å². The van der Waals surface area contributed by atoms with Crippen molar-refractivity contribution in [2.75, 3.05) is 12.4 Å². The Morgan fingerprint density at radius 1 is 1.35 bits per heavy atom. The molecule has 2 aromatic rings. The molecule has 0 aliphatic rings. The summed E-state index contributed by atoms with van der Waals surface area (Å²) in [6.07, 6.45) is 1.75. The Kier molecular flexibility index (Phi) is 7.53. The van der Waals surface area contributed by atoms with E-state index in [0.717, 1.165) is 21.9 Å². The van der Waals surface area contributed by atoms with Crippen molar-refractivity contribution >= 4 is 29.3 Å². The van der Waals surface area contributed by atoms with Gasteiger partial charge in [-0.1, -0.05) is 29.4 Å². The second-order valence-electron chi connectivity index (χ2n) is 5.55. The minimum absolute atomic E-state index is 0.180. The molecule has 0 saturated carbocycles. The molecule has 0 unspecified atom stereocenters. The molecule has 0 radical (unpaired) electrons. The van der Waals surface area contributed by atoms with Gasteiger partial charge in [0.25, 0.3) is 0 Å². The Labute approximate surface area is 162 Å². The zero-order chi connectivity index (χ0) is 19.1. The molecule has 1 aromatic carbocycles. The first kappa shape index (κ1) is 20.3. The molecular formula is C18H22ClN3O3S. The molecule has 0 bridgehead atoms. The lowest BCUT2D eigenvalue weighted by molar-refractivity contribution is -0.139. The number of esters is 1. The van der Waals surface area contributed by atoms with Crippen LogP contribution in [0, 0.1) is 13.8 Å². The van der Waals surface area contributed by atoms with Crippen LogP contribution in [0.15, 0.2) is 29.9 Å². The molecule has 1 heterocycles. The predicted octanol–water partition coefficient (Wildman–Crippen LogP) is 3.97. The zero-order valence-electron chi connectivity index (χ0n) is 15.1. The summed E-state index contributed by atoms with van der Waals surface area (Å²) in [7, 11) is 0. The van der Waals surface area contributed by atoms with Gasteiger partial charge in [0.05, 0.1) is 12.4 Å². The van der Waals surface area contributed by atoms with Crippen LogP contribution in [0.4, 0.5) is 0 Å². The highest BCUT2D eigenvalue weighted by Gasteiger charge is 2.15. The molecule has 0 atom stereocenters. The number of halogens is 1. The molecular weight excluding hydrogens is 374 g/mol. The number of allylic oxidation sites excluding steroid dienone is 1. The van der Waals surface area contributed by atoms with Crippen LogP contribution < -0.4 is 4.74 Å². The van der Waals surface area contributed by atoms with Crippen molar-refractivity contribution in [3.8, 4) is 5.75 Å². The number of carbonyl (C=O) groups is 1. The van der Waals surface area contributed by atoms with Crippen molar-refractivity contribution in [1.29, 1.82) is 0 Å². The minimum atomic E-state index is -0.282. The van der Waals surface area contributed by atoms with Crippen LogP contribution in [-0.4, -0.2) is 33.1 Å².